The van der Waals surface area contributed by atoms with Gasteiger partial charge in [0.05, 0.1) is 4.90 Å². The molecule has 0 saturated heterocycles. The standard InChI is InChI=1S/C11H11O6PS/c12-18(13,14)8-17-19(15,16)11-6-5-9-3-1-2-4-10(9)7-11/h1-7H,8H2,(H2,12,13,14). The molecule has 6 nitrogen and oxygen atoms in total. The quantitative estimate of drug-likeness (QED) is 0.658. The van der Waals surface area contributed by atoms with Gasteiger partial charge in [-0.3, -0.25) is 8.75 Å². The highest BCUT2D eigenvalue weighted by atomic mass is 32.2. The normalized spacial score (nSPS) is 12.7. The predicted octanol–water partition coefficient (Wildman–Crippen LogP) is 1.68. The fourth-order valence-corrected chi connectivity index (χ4v) is 3.28. The molecule has 2 aromatic carbocycles. The van der Waals surface area contributed by atoms with Crippen molar-refractivity contribution in [3.8, 4) is 0 Å². The summed E-state index contributed by atoms with van der Waals surface area (Å²) in [5.41, 5.74) is 0. The van der Waals surface area contributed by atoms with Gasteiger partial charge >= 0.3 is 7.60 Å². The van der Waals surface area contributed by atoms with E-state index < -0.39 is 24.1 Å². The van der Waals surface area contributed by atoms with Gasteiger partial charge in [-0.05, 0) is 22.9 Å². The second kappa shape index (κ2) is 5.03. The van der Waals surface area contributed by atoms with E-state index in [-0.39, 0.29) is 4.90 Å². The van der Waals surface area contributed by atoms with E-state index in [0.717, 1.165) is 5.39 Å². The molecule has 0 aliphatic carbocycles. The van der Waals surface area contributed by atoms with Crippen LogP contribution in [0.4, 0.5) is 0 Å². The Morgan fingerprint density at radius 1 is 1.05 bits per heavy atom. The summed E-state index contributed by atoms with van der Waals surface area (Å²) in [6, 6.07) is 11.5. The van der Waals surface area contributed by atoms with Crippen molar-refractivity contribution >= 4 is 28.5 Å². The van der Waals surface area contributed by atoms with Gasteiger partial charge in [0.15, 0.2) is 6.35 Å². The van der Waals surface area contributed by atoms with E-state index in [4.69, 9.17) is 9.79 Å². The fraction of sp³-hybridized carbons (Fsp3) is 0.0909. The molecule has 0 spiro atoms. The van der Waals surface area contributed by atoms with Crippen LogP contribution in [0.15, 0.2) is 47.4 Å². The summed E-state index contributed by atoms with van der Waals surface area (Å²) in [7, 11) is -8.71. The molecule has 8 heteroatoms. The molecule has 0 fully saturated rings. The Morgan fingerprint density at radius 3 is 2.32 bits per heavy atom. The summed E-state index contributed by atoms with van der Waals surface area (Å²) in [5, 5.41) is 1.56. The molecular formula is C11H11O6PS. The van der Waals surface area contributed by atoms with Gasteiger partial charge in [0, 0.05) is 0 Å². The minimum Gasteiger partial charge on any atom is -0.323 e. The maximum absolute atomic E-state index is 11.8. The molecule has 0 saturated carbocycles. The van der Waals surface area contributed by atoms with Crippen LogP contribution in [0.1, 0.15) is 0 Å². The highest BCUT2D eigenvalue weighted by Gasteiger charge is 2.22. The lowest BCUT2D eigenvalue weighted by molar-refractivity contribution is 0.301. The zero-order valence-electron chi connectivity index (χ0n) is 9.63. The fourth-order valence-electron chi connectivity index (χ4n) is 1.53. The molecule has 2 N–H and O–H groups in total. The summed E-state index contributed by atoms with van der Waals surface area (Å²) in [6.07, 6.45) is -1.16. The summed E-state index contributed by atoms with van der Waals surface area (Å²) in [6.45, 7) is 0. The van der Waals surface area contributed by atoms with E-state index in [2.05, 4.69) is 4.18 Å². The summed E-state index contributed by atoms with van der Waals surface area (Å²) < 4.78 is 38.5. The van der Waals surface area contributed by atoms with Gasteiger partial charge in [0.1, 0.15) is 0 Å². The monoisotopic (exact) mass is 302 g/mol. The number of benzene rings is 2. The third-order valence-electron chi connectivity index (χ3n) is 2.39. The van der Waals surface area contributed by atoms with Gasteiger partial charge in [-0.15, -0.1) is 0 Å². The first-order chi connectivity index (χ1) is 8.78. The molecule has 0 aliphatic heterocycles. The molecule has 0 bridgehead atoms. The molecule has 0 heterocycles. The molecule has 0 radical (unpaired) electrons. The Hall–Kier alpha value is -1.24. The molecule has 0 unspecified atom stereocenters. The molecule has 0 amide bonds. The smallest absolute Gasteiger partial charge is 0.323 e. The van der Waals surface area contributed by atoms with Crippen LogP contribution < -0.4 is 0 Å². The SMILES string of the molecule is O=P(O)(O)COS(=O)(=O)c1ccc2ccccc2c1. The number of fused-ring (bicyclic) bond motifs is 1. The summed E-state index contributed by atoms with van der Waals surface area (Å²) in [5.74, 6) is 0. The van der Waals surface area contributed by atoms with Crippen LogP contribution >= 0.6 is 7.60 Å². The number of rotatable bonds is 4. The first kappa shape index (κ1) is 14.2. The van der Waals surface area contributed by atoms with Crippen LogP contribution in [0, 0.1) is 0 Å². The molecule has 2 rings (SSSR count). The van der Waals surface area contributed by atoms with Crippen molar-refractivity contribution in [2.45, 2.75) is 4.90 Å². The third-order valence-corrected chi connectivity index (χ3v) is 4.29. The second-order valence-electron chi connectivity index (χ2n) is 3.87. The van der Waals surface area contributed by atoms with Crippen LogP contribution in [-0.2, 0) is 18.9 Å². The van der Waals surface area contributed by atoms with Crippen molar-refractivity contribution in [3.63, 3.8) is 0 Å². The molecular weight excluding hydrogens is 291 g/mol. The highest BCUT2D eigenvalue weighted by molar-refractivity contribution is 7.87. The number of hydrogen-bond acceptors (Lipinski definition) is 4. The molecule has 0 aromatic heterocycles. The van der Waals surface area contributed by atoms with Gasteiger partial charge in [-0.1, -0.05) is 30.3 Å². The van der Waals surface area contributed by atoms with Crippen molar-refractivity contribution in [2.24, 2.45) is 0 Å². The van der Waals surface area contributed by atoms with E-state index in [1.807, 2.05) is 12.1 Å². The van der Waals surface area contributed by atoms with Gasteiger partial charge in [-0.25, -0.2) is 0 Å². The Bertz CT molecular complexity index is 749. The van der Waals surface area contributed by atoms with Crippen LogP contribution in [0.25, 0.3) is 10.8 Å². The summed E-state index contributed by atoms with van der Waals surface area (Å²) >= 11 is 0. The number of hydrogen-bond donors (Lipinski definition) is 2. The lowest BCUT2D eigenvalue weighted by Crippen LogP contribution is -2.07. The van der Waals surface area contributed by atoms with Gasteiger partial charge in [0.2, 0.25) is 0 Å². The second-order valence-corrected chi connectivity index (χ2v) is 7.08. The zero-order chi connectivity index (χ0) is 14.1. The minimum atomic E-state index is -4.53. The summed E-state index contributed by atoms with van der Waals surface area (Å²) in [4.78, 5) is 17.1. The van der Waals surface area contributed by atoms with Crippen LogP contribution in [0.5, 0.6) is 0 Å². The predicted molar refractivity (Wildman–Crippen MR) is 69.1 cm³/mol. The van der Waals surface area contributed by atoms with E-state index in [1.165, 1.54) is 12.1 Å². The van der Waals surface area contributed by atoms with E-state index in [1.54, 1.807) is 18.2 Å². The van der Waals surface area contributed by atoms with Crippen molar-refractivity contribution < 1.29 is 27.0 Å². The maximum Gasteiger partial charge on any atom is 0.352 e. The van der Waals surface area contributed by atoms with Crippen molar-refractivity contribution in [2.75, 3.05) is 6.35 Å². The van der Waals surface area contributed by atoms with Gasteiger partial charge in [0.25, 0.3) is 10.1 Å². The third kappa shape index (κ3) is 3.62. The van der Waals surface area contributed by atoms with Crippen molar-refractivity contribution in [1.29, 1.82) is 0 Å². The molecule has 0 aliphatic rings. The van der Waals surface area contributed by atoms with E-state index in [0.29, 0.717) is 5.39 Å². The Kier molecular flexibility index (Phi) is 3.75. The Balaban J connectivity index is 2.35. The van der Waals surface area contributed by atoms with Crippen molar-refractivity contribution in [1.82, 2.24) is 0 Å². The Morgan fingerprint density at radius 2 is 1.68 bits per heavy atom. The van der Waals surface area contributed by atoms with Crippen LogP contribution in [-0.4, -0.2) is 24.6 Å². The lowest BCUT2D eigenvalue weighted by Gasteiger charge is -2.07. The van der Waals surface area contributed by atoms with E-state index in [9.17, 15) is 13.0 Å². The molecule has 2 aromatic rings. The van der Waals surface area contributed by atoms with Crippen molar-refractivity contribution in [3.05, 3.63) is 42.5 Å². The average molecular weight is 302 g/mol. The highest BCUT2D eigenvalue weighted by Crippen LogP contribution is 2.35. The van der Waals surface area contributed by atoms with Crippen LogP contribution in [0.3, 0.4) is 0 Å². The molecule has 0 atom stereocenters. The van der Waals surface area contributed by atoms with Crippen LogP contribution in [0.2, 0.25) is 0 Å². The first-order valence-electron chi connectivity index (χ1n) is 5.21. The zero-order valence-corrected chi connectivity index (χ0v) is 11.3. The molecule has 102 valence electrons. The first-order valence-corrected chi connectivity index (χ1v) is 8.41. The van der Waals surface area contributed by atoms with E-state index >= 15 is 0 Å². The molecule has 19 heavy (non-hydrogen) atoms. The Labute approximate surface area is 109 Å². The maximum atomic E-state index is 11.8. The van der Waals surface area contributed by atoms with Gasteiger partial charge < -0.3 is 9.79 Å². The van der Waals surface area contributed by atoms with Gasteiger partial charge in [-0.2, -0.15) is 8.42 Å². The lowest BCUT2D eigenvalue weighted by atomic mass is 10.1. The topological polar surface area (TPSA) is 101 Å². The minimum absolute atomic E-state index is 0.139. The average Bonchev–Trinajstić information content (AvgIpc) is 2.35. The largest absolute Gasteiger partial charge is 0.352 e.